The Bertz CT molecular complexity index is 480. The number of methoxy groups -OCH3 is 1. The summed E-state index contributed by atoms with van der Waals surface area (Å²) in [6, 6.07) is 5.51. The van der Waals surface area contributed by atoms with Crippen LogP contribution in [-0.4, -0.2) is 48.9 Å². The van der Waals surface area contributed by atoms with E-state index in [9.17, 15) is 4.79 Å². The minimum Gasteiger partial charge on any atom is -0.496 e. The molecule has 0 bridgehead atoms. The van der Waals surface area contributed by atoms with Gasteiger partial charge < -0.3 is 14.6 Å². The molecule has 1 atom stereocenters. The standard InChI is InChI=1S/C14H18ClNO4/c1-19-13-3-2-11(15)6-10(13)8-16-4-5-20-12(9-16)7-14(17)18/h2-3,6,12H,4-5,7-9H2,1H3,(H,17,18). The molecule has 110 valence electrons. The summed E-state index contributed by atoms with van der Waals surface area (Å²) in [5, 5.41) is 9.49. The number of morpholine rings is 1. The second kappa shape index (κ2) is 6.92. The van der Waals surface area contributed by atoms with E-state index in [-0.39, 0.29) is 12.5 Å². The van der Waals surface area contributed by atoms with Crippen molar-refractivity contribution >= 4 is 17.6 Å². The topological polar surface area (TPSA) is 59.0 Å². The fraction of sp³-hybridized carbons (Fsp3) is 0.500. The van der Waals surface area contributed by atoms with Crippen molar-refractivity contribution in [3.05, 3.63) is 28.8 Å². The highest BCUT2D eigenvalue weighted by atomic mass is 35.5. The maximum absolute atomic E-state index is 10.7. The summed E-state index contributed by atoms with van der Waals surface area (Å²) in [4.78, 5) is 12.9. The number of hydrogen-bond acceptors (Lipinski definition) is 4. The Morgan fingerprint density at radius 2 is 2.40 bits per heavy atom. The highest BCUT2D eigenvalue weighted by Crippen LogP contribution is 2.25. The Balaban J connectivity index is 2.02. The van der Waals surface area contributed by atoms with Crippen molar-refractivity contribution in [3.8, 4) is 5.75 Å². The zero-order chi connectivity index (χ0) is 14.5. The van der Waals surface area contributed by atoms with E-state index in [1.807, 2.05) is 12.1 Å². The van der Waals surface area contributed by atoms with Gasteiger partial charge in [-0.1, -0.05) is 11.6 Å². The van der Waals surface area contributed by atoms with Crippen molar-refractivity contribution < 1.29 is 19.4 Å². The third-order valence-electron chi connectivity index (χ3n) is 3.26. The number of hydrogen-bond donors (Lipinski definition) is 1. The van der Waals surface area contributed by atoms with E-state index in [1.165, 1.54) is 0 Å². The van der Waals surface area contributed by atoms with Crippen LogP contribution in [0.1, 0.15) is 12.0 Å². The fourth-order valence-corrected chi connectivity index (χ4v) is 2.55. The largest absolute Gasteiger partial charge is 0.496 e. The molecule has 1 unspecified atom stereocenters. The lowest BCUT2D eigenvalue weighted by molar-refractivity contribution is -0.142. The molecule has 0 saturated carbocycles. The number of aliphatic carboxylic acids is 1. The van der Waals surface area contributed by atoms with Gasteiger partial charge in [0.1, 0.15) is 5.75 Å². The maximum atomic E-state index is 10.7. The van der Waals surface area contributed by atoms with Gasteiger partial charge in [-0.2, -0.15) is 0 Å². The lowest BCUT2D eigenvalue weighted by Crippen LogP contribution is -2.42. The van der Waals surface area contributed by atoms with Crippen LogP contribution in [0.15, 0.2) is 18.2 Å². The molecular formula is C14H18ClNO4. The van der Waals surface area contributed by atoms with Crippen LogP contribution in [0.5, 0.6) is 5.75 Å². The summed E-state index contributed by atoms with van der Waals surface area (Å²) >= 11 is 6.01. The molecule has 20 heavy (non-hydrogen) atoms. The number of carbonyl (C=O) groups is 1. The van der Waals surface area contributed by atoms with Crippen molar-refractivity contribution in [1.82, 2.24) is 4.90 Å². The van der Waals surface area contributed by atoms with E-state index in [0.717, 1.165) is 17.9 Å². The van der Waals surface area contributed by atoms with Crippen LogP contribution in [0.25, 0.3) is 0 Å². The Labute approximate surface area is 123 Å². The predicted octanol–water partition coefficient (Wildman–Crippen LogP) is 2.02. The summed E-state index contributed by atoms with van der Waals surface area (Å²) in [6.07, 6.45) is -0.227. The van der Waals surface area contributed by atoms with Crippen LogP contribution < -0.4 is 4.74 Å². The van der Waals surface area contributed by atoms with Crippen LogP contribution in [0, 0.1) is 0 Å². The molecule has 0 aromatic heterocycles. The molecule has 0 radical (unpaired) electrons. The Morgan fingerprint density at radius 1 is 1.60 bits per heavy atom. The zero-order valence-corrected chi connectivity index (χ0v) is 12.1. The lowest BCUT2D eigenvalue weighted by Gasteiger charge is -2.32. The first kappa shape index (κ1) is 15.1. The fourth-order valence-electron chi connectivity index (χ4n) is 2.35. The van der Waals surface area contributed by atoms with Crippen molar-refractivity contribution in [2.45, 2.75) is 19.1 Å². The summed E-state index contributed by atoms with van der Waals surface area (Å²) in [5.74, 6) is -0.0483. The SMILES string of the molecule is COc1ccc(Cl)cc1CN1CCOC(CC(=O)O)C1. The van der Waals surface area contributed by atoms with Crippen molar-refractivity contribution in [2.24, 2.45) is 0 Å². The summed E-state index contributed by atoms with van der Waals surface area (Å²) in [7, 11) is 1.62. The van der Waals surface area contributed by atoms with Gasteiger partial charge in [0.15, 0.2) is 0 Å². The van der Waals surface area contributed by atoms with E-state index in [1.54, 1.807) is 13.2 Å². The number of benzene rings is 1. The van der Waals surface area contributed by atoms with Crippen LogP contribution in [0.4, 0.5) is 0 Å². The molecular weight excluding hydrogens is 282 g/mol. The summed E-state index contributed by atoms with van der Waals surface area (Å²) in [6.45, 7) is 2.58. The Hall–Kier alpha value is -1.30. The van der Waals surface area contributed by atoms with Gasteiger partial charge in [-0.3, -0.25) is 9.69 Å². The quantitative estimate of drug-likeness (QED) is 0.901. The van der Waals surface area contributed by atoms with Gasteiger partial charge in [0.25, 0.3) is 0 Å². The molecule has 1 aliphatic rings. The van der Waals surface area contributed by atoms with Crippen molar-refractivity contribution in [2.75, 3.05) is 26.8 Å². The molecule has 1 aliphatic heterocycles. The second-order valence-electron chi connectivity index (χ2n) is 4.78. The number of ether oxygens (including phenoxy) is 2. The van der Waals surface area contributed by atoms with E-state index >= 15 is 0 Å². The monoisotopic (exact) mass is 299 g/mol. The number of carboxylic acid groups (broad SMARTS) is 1. The summed E-state index contributed by atoms with van der Waals surface area (Å²) in [5.41, 5.74) is 0.996. The van der Waals surface area contributed by atoms with E-state index in [0.29, 0.717) is 24.7 Å². The van der Waals surface area contributed by atoms with Crippen molar-refractivity contribution in [1.29, 1.82) is 0 Å². The molecule has 0 spiro atoms. The zero-order valence-electron chi connectivity index (χ0n) is 11.3. The van der Waals surface area contributed by atoms with Gasteiger partial charge in [0.05, 0.1) is 26.2 Å². The van der Waals surface area contributed by atoms with Gasteiger partial charge in [0.2, 0.25) is 0 Å². The first-order valence-electron chi connectivity index (χ1n) is 6.46. The average molecular weight is 300 g/mol. The average Bonchev–Trinajstić information content (AvgIpc) is 2.38. The van der Waals surface area contributed by atoms with Gasteiger partial charge >= 0.3 is 5.97 Å². The van der Waals surface area contributed by atoms with Crippen LogP contribution in [-0.2, 0) is 16.1 Å². The molecule has 5 nitrogen and oxygen atoms in total. The van der Waals surface area contributed by atoms with Crippen molar-refractivity contribution in [3.63, 3.8) is 0 Å². The molecule has 1 N–H and O–H groups in total. The second-order valence-corrected chi connectivity index (χ2v) is 5.22. The minimum absolute atomic E-state index is 0.0309. The predicted molar refractivity (Wildman–Crippen MR) is 75.3 cm³/mol. The van der Waals surface area contributed by atoms with Gasteiger partial charge in [-0.15, -0.1) is 0 Å². The van der Waals surface area contributed by atoms with E-state index in [4.69, 9.17) is 26.2 Å². The first-order valence-corrected chi connectivity index (χ1v) is 6.84. The third kappa shape index (κ3) is 4.10. The van der Waals surface area contributed by atoms with Gasteiger partial charge in [-0.25, -0.2) is 0 Å². The molecule has 2 rings (SSSR count). The molecule has 0 aliphatic carbocycles. The van der Waals surface area contributed by atoms with Gasteiger partial charge in [0, 0.05) is 30.2 Å². The Kier molecular flexibility index (Phi) is 5.23. The summed E-state index contributed by atoms with van der Waals surface area (Å²) < 4.78 is 10.8. The first-order chi connectivity index (χ1) is 9.58. The molecule has 1 saturated heterocycles. The lowest BCUT2D eigenvalue weighted by atomic mass is 10.1. The maximum Gasteiger partial charge on any atom is 0.306 e. The van der Waals surface area contributed by atoms with Crippen LogP contribution in [0.2, 0.25) is 5.02 Å². The third-order valence-corrected chi connectivity index (χ3v) is 3.50. The smallest absolute Gasteiger partial charge is 0.306 e. The molecule has 6 heteroatoms. The number of halogens is 1. The normalized spacial score (nSPS) is 19.8. The molecule has 1 fully saturated rings. The molecule has 0 amide bonds. The molecule has 1 aromatic carbocycles. The number of nitrogens with zero attached hydrogens (tertiary/aromatic N) is 1. The van der Waals surface area contributed by atoms with Crippen LogP contribution >= 0.6 is 11.6 Å². The number of rotatable bonds is 5. The molecule has 1 aromatic rings. The van der Waals surface area contributed by atoms with Gasteiger partial charge in [-0.05, 0) is 18.2 Å². The molecule has 1 heterocycles. The minimum atomic E-state index is -0.836. The van der Waals surface area contributed by atoms with E-state index < -0.39 is 5.97 Å². The highest BCUT2D eigenvalue weighted by molar-refractivity contribution is 6.30. The van der Waals surface area contributed by atoms with Crippen LogP contribution in [0.3, 0.4) is 0 Å². The number of carboxylic acids is 1. The highest BCUT2D eigenvalue weighted by Gasteiger charge is 2.23. The van der Waals surface area contributed by atoms with E-state index in [2.05, 4.69) is 4.90 Å². The Morgan fingerprint density at radius 3 is 3.10 bits per heavy atom.